The minimum absolute atomic E-state index is 0.364. The highest BCUT2D eigenvalue weighted by Gasteiger charge is 2.42. The minimum atomic E-state index is -0.590. The van der Waals surface area contributed by atoms with Gasteiger partial charge in [-0.3, -0.25) is 4.79 Å². The largest absolute Gasteiger partial charge is 0.481 e. The number of rotatable bonds is 4. The fourth-order valence-electron chi connectivity index (χ4n) is 3.49. The van der Waals surface area contributed by atoms with Crippen LogP contribution < -0.4 is 0 Å². The first-order chi connectivity index (χ1) is 9.05. The van der Waals surface area contributed by atoms with Crippen LogP contribution in [0.4, 0.5) is 0 Å². The Balaban J connectivity index is 1.93. The summed E-state index contributed by atoms with van der Waals surface area (Å²) in [6.45, 7) is 4.91. The predicted molar refractivity (Wildman–Crippen MR) is 74.2 cm³/mol. The number of carboxylic acid groups (broad SMARTS) is 1. The van der Waals surface area contributed by atoms with Crippen LogP contribution in [0.2, 0.25) is 0 Å². The summed E-state index contributed by atoms with van der Waals surface area (Å²) in [5.74, 6) is 0.0972. The Kier molecular flexibility index (Phi) is 4.85. The Morgan fingerprint density at radius 1 is 1.26 bits per heavy atom. The summed E-state index contributed by atoms with van der Waals surface area (Å²) in [6, 6.07) is 0. The molecule has 2 fully saturated rings. The highest BCUT2D eigenvalue weighted by Crippen LogP contribution is 2.40. The molecule has 1 saturated carbocycles. The third-order valence-corrected chi connectivity index (χ3v) is 5.08. The Morgan fingerprint density at radius 3 is 2.32 bits per heavy atom. The molecule has 110 valence electrons. The number of carboxylic acids is 1. The highest BCUT2D eigenvalue weighted by atomic mass is 16.5. The van der Waals surface area contributed by atoms with Gasteiger partial charge < -0.3 is 14.7 Å². The van der Waals surface area contributed by atoms with E-state index >= 15 is 0 Å². The molecule has 0 atom stereocenters. The van der Waals surface area contributed by atoms with Crippen molar-refractivity contribution in [2.24, 2.45) is 11.3 Å². The van der Waals surface area contributed by atoms with Gasteiger partial charge in [-0.15, -0.1) is 0 Å². The van der Waals surface area contributed by atoms with E-state index in [1.54, 1.807) is 7.11 Å². The van der Waals surface area contributed by atoms with Crippen LogP contribution in [0.5, 0.6) is 0 Å². The molecule has 19 heavy (non-hydrogen) atoms. The molecule has 0 aromatic heterocycles. The van der Waals surface area contributed by atoms with Crippen molar-refractivity contribution >= 4 is 5.97 Å². The Bertz CT molecular complexity index is 303. The number of methoxy groups -OCH3 is 1. The van der Waals surface area contributed by atoms with Gasteiger partial charge in [0.1, 0.15) is 0 Å². The molecule has 0 unspecified atom stereocenters. The summed E-state index contributed by atoms with van der Waals surface area (Å²) in [5, 5.41) is 9.65. The van der Waals surface area contributed by atoms with Crippen molar-refractivity contribution in [2.75, 3.05) is 26.7 Å². The van der Waals surface area contributed by atoms with Crippen LogP contribution >= 0.6 is 0 Å². The van der Waals surface area contributed by atoms with Gasteiger partial charge in [-0.2, -0.15) is 0 Å². The van der Waals surface area contributed by atoms with Crippen LogP contribution in [0, 0.1) is 11.3 Å². The number of hydrogen-bond donors (Lipinski definition) is 1. The molecule has 4 nitrogen and oxygen atoms in total. The van der Waals surface area contributed by atoms with Gasteiger partial charge in [-0.05, 0) is 44.4 Å². The molecule has 2 rings (SSSR count). The van der Waals surface area contributed by atoms with Crippen LogP contribution in [-0.4, -0.2) is 48.8 Å². The number of nitrogens with zero attached hydrogens (tertiary/aromatic N) is 1. The van der Waals surface area contributed by atoms with Crippen molar-refractivity contribution < 1.29 is 14.6 Å². The number of aliphatic carboxylic acids is 1. The third-order valence-electron chi connectivity index (χ3n) is 5.08. The van der Waals surface area contributed by atoms with Crippen molar-refractivity contribution in [1.29, 1.82) is 0 Å². The molecule has 1 N–H and O–H groups in total. The smallest absolute Gasteiger partial charge is 0.310 e. The maximum atomic E-state index is 11.7. The number of ether oxygens (including phenoxy) is 1. The second-order valence-electron chi connectivity index (χ2n) is 6.48. The first kappa shape index (κ1) is 14.8. The standard InChI is InChI=1S/C15H27NO3/c1-12-3-7-15(8-4-12,14(17)18)11-16-9-5-13(19-2)6-10-16/h12-13H,3-11H2,1-2H3,(H,17,18). The van der Waals surface area contributed by atoms with Crippen molar-refractivity contribution in [3.8, 4) is 0 Å². The lowest BCUT2D eigenvalue weighted by molar-refractivity contribution is -0.153. The molecule has 4 heteroatoms. The fraction of sp³-hybridized carbons (Fsp3) is 0.933. The zero-order valence-electron chi connectivity index (χ0n) is 12.2. The second kappa shape index (κ2) is 6.23. The maximum absolute atomic E-state index is 11.7. The van der Waals surface area contributed by atoms with E-state index in [0.717, 1.165) is 58.2 Å². The molecule has 0 spiro atoms. The SMILES string of the molecule is COC1CCN(CC2(C(=O)O)CCC(C)CC2)CC1. The number of likely N-dealkylation sites (tertiary alicyclic amines) is 1. The monoisotopic (exact) mass is 269 g/mol. The van der Waals surface area contributed by atoms with Crippen LogP contribution in [-0.2, 0) is 9.53 Å². The van der Waals surface area contributed by atoms with Crippen molar-refractivity contribution in [3.05, 3.63) is 0 Å². The van der Waals surface area contributed by atoms with Gasteiger partial charge in [0.2, 0.25) is 0 Å². The summed E-state index contributed by atoms with van der Waals surface area (Å²) < 4.78 is 5.37. The van der Waals surface area contributed by atoms with E-state index < -0.39 is 11.4 Å². The van der Waals surface area contributed by atoms with Gasteiger partial charge >= 0.3 is 5.97 Å². The van der Waals surface area contributed by atoms with E-state index in [9.17, 15) is 9.90 Å². The van der Waals surface area contributed by atoms with E-state index in [2.05, 4.69) is 11.8 Å². The quantitative estimate of drug-likeness (QED) is 0.851. The first-order valence-electron chi connectivity index (χ1n) is 7.54. The number of carbonyl (C=O) groups is 1. The van der Waals surface area contributed by atoms with Crippen molar-refractivity contribution in [1.82, 2.24) is 4.90 Å². The van der Waals surface area contributed by atoms with E-state index in [1.165, 1.54) is 0 Å². The van der Waals surface area contributed by atoms with Crippen LogP contribution in [0.1, 0.15) is 45.4 Å². The maximum Gasteiger partial charge on any atom is 0.310 e. The van der Waals surface area contributed by atoms with Crippen molar-refractivity contribution in [2.45, 2.75) is 51.6 Å². The lowest BCUT2D eigenvalue weighted by Gasteiger charge is -2.41. The molecule has 1 aliphatic heterocycles. The predicted octanol–water partition coefficient (Wildman–Crippen LogP) is 2.38. The van der Waals surface area contributed by atoms with E-state index in [1.807, 2.05) is 0 Å². The molecular weight excluding hydrogens is 242 g/mol. The molecule has 0 aromatic rings. The molecule has 1 saturated heterocycles. The van der Waals surface area contributed by atoms with Crippen LogP contribution in [0.25, 0.3) is 0 Å². The summed E-state index contributed by atoms with van der Waals surface area (Å²) in [5.41, 5.74) is -0.494. The summed E-state index contributed by atoms with van der Waals surface area (Å²) >= 11 is 0. The zero-order valence-corrected chi connectivity index (χ0v) is 12.2. The van der Waals surface area contributed by atoms with Crippen molar-refractivity contribution in [3.63, 3.8) is 0 Å². The zero-order chi connectivity index (χ0) is 13.9. The van der Waals surface area contributed by atoms with Crippen LogP contribution in [0.15, 0.2) is 0 Å². The Labute approximate surface area is 116 Å². The lowest BCUT2D eigenvalue weighted by Crippen LogP contribution is -2.48. The molecule has 2 aliphatic rings. The minimum Gasteiger partial charge on any atom is -0.481 e. The Hall–Kier alpha value is -0.610. The van der Waals surface area contributed by atoms with E-state index in [0.29, 0.717) is 12.0 Å². The number of hydrogen-bond acceptors (Lipinski definition) is 3. The van der Waals surface area contributed by atoms with E-state index in [-0.39, 0.29) is 0 Å². The summed E-state index contributed by atoms with van der Waals surface area (Å²) in [4.78, 5) is 14.1. The molecule has 0 bridgehead atoms. The van der Waals surface area contributed by atoms with Gasteiger partial charge in [-0.25, -0.2) is 0 Å². The Morgan fingerprint density at radius 2 is 1.84 bits per heavy atom. The van der Waals surface area contributed by atoms with Crippen LogP contribution in [0.3, 0.4) is 0 Å². The first-order valence-corrected chi connectivity index (χ1v) is 7.54. The van der Waals surface area contributed by atoms with Gasteiger partial charge in [-0.1, -0.05) is 6.92 Å². The molecular formula is C15H27NO3. The van der Waals surface area contributed by atoms with Gasteiger partial charge in [0.05, 0.1) is 11.5 Å². The lowest BCUT2D eigenvalue weighted by atomic mass is 9.70. The summed E-state index contributed by atoms with van der Waals surface area (Å²) in [6.07, 6.45) is 6.22. The normalized spacial score (nSPS) is 34.3. The average Bonchev–Trinajstić information content (AvgIpc) is 2.42. The average molecular weight is 269 g/mol. The molecule has 0 aromatic carbocycles. The van der Waals surface area contributed by atoms with E-state index in [4.69, 9.17) is 4.74 Å². The molecule has 1 heterocycles. The molecule has 0 amide bonds. The fourth-order valence-corrected chi connectivity index (χ4v) is 3.49. The molecule has 0 radical (unpaired) electrons. The topological polar surface area (TPSA) is 49.8 Å². The van der Waals surface area contributed by atoms with Gasteiger partial charge in [0, 0.05) is 26.7 Å². The second-order valence-corrected chi connectivity index (χ2v) is 6.48. The molecule has 1 aliphatic carbocycles. The highest BCUT2D eigenvalue weighted by molar-refractivity contribution is 5.75. The number of piperidine rings is 1. The van der Waals surface area contributed by atoms with Gasteiger partial charge in [0.25, 0.3) is 0 Å². The van der Waals surface area contributed by atoms with Gasteiger partial charge in [0.15, 0.2) is 0 Å². The third kappa shape index (κ3) is 3.48. The summed E-state index contributed by atoms with van der Waals surface area (Å²) in [7, 11) is 1.77.